The molecule has 170 valence electrons. The molecule has 0 saturated carbocycles. The number of fused-ring (bicyclic) bond motifs is 1. The van der Waals surface area contributed by atoms with Crippen molar-refractivity contribution in [2.45, 2.75) is 12.8 Å². The molecule has 9 nitrogen and oxygen atoms in total. The van der Waals surface area contributed by atoms with Crippen molar-refractivity contribution in [1.29, 1.82) is 0 Å². The van der Waals surface area contributed by atoms with Crippen molar-refractivity contribution >= 4 is 34.6 Å². The van der Waals surface area contributed by atoms with Gasteiger partial charge in [0.05, 0.1) is 30.2 Å². The van der Waals surface area contributed by atoms with Crippen molar-refractivity contribution in [2.24, 2.45) is 0 Å². The molecule has 0 aliphatic carbocycles. The molecule has 0 aliphatic rings. The molecule has 0 spiro atoms. The van der Waals surface area contributed by atoms with Gasteiger partial charge in [-0.05, 0) is 23.8 Å². The first-order chi connectivity index (χ1) is 16.5. The highest BCUT2D eigenvalue weighted by Gasteiger charge is 2.19. The van der Waals surface area contributed by atoms with Gasteiger partial charge in [-0.3, -0.25) is 4.79 Å². The van der Waals surface area contributed by atoms with Crippen molar-refractivity contribution in [3.63, 3.8) is 0 Å². The zero-order valence-corrected chi connectivity index (χ0v) is 19.4. The summed E-state index contributed by atoms with van der Waals surface area (Å²) in [6.45, 7) is 0. The summed E-state index contributed by atoms with van der Waals surface area (Å²) in [4.78, 5) is 23.1. The Labute approximate surface area is 203 Å². The van der Waals surface area contributed by atoms with E-state index in [1.165, 1.54) is 17.2 Å². The van der Waals surface area contributed by atoms with Crippen LogP contribution < -0.4 is 4.74 Å². The maximum absolute atomic E-state index is 13.1. The van der Waals surface area contributed by atoms with Crippen LogP contribution in [0.3, 0.4) is 0 Å². The Hall–Kier alpha value is -3.82. The van der Waals surface area contributed by atoms with E-state index in [9.17, 15) is 4.79 Å². The van der Waals surface area contributed by atoms with E-state index in [-0.39, 0.29) is 18.6 Å². The number of ketones is 1. The summed E-state index contributed by atoms with van der Waals surface area (Å²) >= 11 is 12.5. The highest BCUT2D eigenvalue weighted by Crippen LogP contribution is 2.33. The number of carbonyl (C=O) groups excluding carboxylic acids is 1. The summed E-state index contributed by atoms with van der Waals surface area (Å²) in [6, 6.07) is 10.9. The number of ether oxygens (including phenoxy) is 1. The number of aromatic nitrogens is 7. The summed E-state index contributed by atoms with van der Waals surface area (Å²) in [6.07, 6.45) is 6.60. The highest BCUT2D eigenvalue weighted by molar-refractivity contribution is 6.32. The number of carbonyl (C=O) groups is 1. The number of methoxy groups -OCH3 is 1. The molecule has 1 aromatic carbocycles. The molecule has 0 N–H and O–H groups in total. The maximum Gasteiger partial charge on any atom is 0.193 e. The molecular weight excluding hydrogens is 477 g/mol. The minimum Gasteiger partial charge on any atom is -0.496 e. The Balaban J connectivity index is 1.47. The molecule has 0 radical (unpaired) electrons. The molecule has 34 heavy (non-hydrogen) atoms. The minimum absolute atomic E-state index is 0.0432. The number of halogens is 2. The number of rotatable bonds is 7. The number of hydrogen-bond donors (Lipinski definition) is 0. The fourth-order valence-corrected chi connectivity index (χ4v) is 4.18. The van der Waals surface area contributed by atoms with Gasteiger partial charge < -0.3 is 4.74 Å². The van der Waals surface area contributed by atoms with Crippen molar-refractivity contribution < 1.29 is 9.53 Å². The predicted octanol–water partition coefficient (Wildman–Crippen LogP) is 4.04. The molecule has 0 bridgehead atoms. The van der Waals surface area contributed by atoms with E-state index >= 15 is 0 Å². The second-order valence-corrected chi connectivity index (χ2v) is 8.22. The first-order valence-corrected chi connectivity index (χ1v) is 11.0. The molecule has 0 unspecified atom stereocenters. The quantitative estimate of drug-likeness (QED) is 0.337. The average molecular weight is 494 g/mol. The van der Waals surface area contributed by atoms with Gasteiger partial charge in [-0.2, -0.15) is 15.3 Å². The summed E-state index contributed by atoms with van der Waals surface area (Å²) in [5.74, 6) is 0.999. The monoisotopic (exact) mass is 493 g/mol. The largest absolute Gasteiger partial charge is 0.496 e. The van der Waals surface area contributed by atoms with Crippen LogP contribution in [0, 0.1) is 0 Å². The van der Waals surface area contributed by atoms with Gasteiger partial charge in [0.2, 0.25) is 0 Å². The lowest BCUT2D eigenvalue weighted by Gasteiger charge is -2.14. The van der Waals surface area contributed by atoms with Crippen molar-refractivity contribution in [3.8, 4) is 22.8 Å². The van der Waals surface area contributed by atoms with Crippen molar-refractivity contribution in [3.05, 3.63) is 82.5 Å². The van der Waals surface area contributed by atoms with E-state index < -0.39 is 0 Å². The van der Waals surface area contributed by atoms with Crippen molar-refractivity contribution in [2.75, 3.05) is 7.11 Å². The van der Waals surface area contributed by atoms with Crippen LogP contribution in [-0.4, -0.2) is 47.5 Å². The second-order valence-electron chi connectivity index (χ2n) is 7.43. The minimum atomic E-state index is -0.0432. The molecule has 5 rings (SSSR count). The van der Waals surface area contributed by atoms with Crippen LogP contribution in [0.4, 0.5) is 0 Å². The highest BCUT2D eigenvalue weighted by atomic mass is 35.5. The van der Waals surface area contributed by atoms with Gasteiger partial charge in [0.1, 0.15) is 11.5 Å². The lowest BCUT2D eigenvalue weighted by molar-refractivity contribution is -0.117. The average Bonchev–Trinajstić information content (AvgIpc) is 3.48. The third-order valence-corrected chi connectivity index (χ3v) is 5.63. The second kappa shape index (κ2) is 9.20. The summed E-state index contributed by atoms with van der Waals surface area (Å²) < 4.78 is 7.18. The van der Waals surface area contributed by atoms with Crippen LogP contribution in [0.15, 0.2) is 61.2 Å². The lowest BCUT2D eigenvalue weighted by atomic mass is 9.99. The number of benzene rings is 1. The Bertz CT molecular complexity index is 1500. The fraction of sp³-hybridized carbons (Fsp3) is 0.130. The molecule has 5 aromatic rings. The van der Waals surface area contributed by atoms with E-state index in [0.29, 0.717) is 44.2 Å². The van der Waals surface area contributed by atoms with Crippen LogP contribution in [0.1, 0.15) is 11.1 Å². The van der Waals surface area contributed by atoms with E-state index in [1.54, 1.807) is 36.2 Å². The molecule has 4 heterocycles. The maximum atomic E-state index is 13.1. The van der Waals surface area contributed by atoms with Crippen molar-refractivity contribution in [1.82, 2.24) is 34.6 Å². The summed E-state index contributed by atoms with van der Waals surface area (Å²) in [5, 5.41) is 13.1. The Kier molecular flexibility index (Phi) is 5.95. The lowest BCUT2D eigenvalue weighted by Crippen LogP contribution is -2.11. The van der Waals surface area contributed by atoms with E-state index in [2.05, 4.69) is 25.3 Å². The fourth-order valence-electron chi connectivity index (χ4n) is 3.74. The molecular formula is C23H17Cl2N7O2. The Morgan fingerprint density at radius 1 is 1.03 bits per heavy atom. The molecule has 4 aromatic heterocycles. The van der Waals surface area contributed by atoms with Gasteiger partial charge in [-0.25, -0.2) is 14.5 Å². The number of pyridine rings is 1. The third kappa shape index (κ3) is 4.23. The number of nitrogens with zero attached hydrogens (tertiary/aromatic N) is 7. The molecule has 0 aliphatic heterocycles. The molecule has 11 heteroatoms. The molecule has 0 saturated heterocycles. The third-order valence-electron chi connectivity index (χ3n) is 5.17. The molecule has 0 amide bonds. The van der Waals surface area contributed by atoms with E-state index in [1.807, 2.05) is 24.3 Å². The first kappa shape index (κ1) is 22.0. The summed E-state index contributed by atoms with van der Waals surface area (Å²) in [5.41, 5.74) is 3.42. The molecule has 0 atom stereocenters. The predicted molar refractivity (Wildman–Crippen MR) is 127 cm³/mol. The smallest absolute Gasteiger partial charge is 0.193 e. The van der Waals surface area contributed by atoms with Gasteiger partial charge in [-0.1, -0.05) is 35.3 Å². The van der Waals surface area contributed by atoms with Gasteiger partial charge in [0.15, 0.2) is 16.6 Å². The number of Topliss-reactive ketones (excluding diaryl/α,β-unsaturated/α-hetero) is 1. The zero-order valence-electron chi connectivity index (χ0n) is 17.9. The van der Waals surface area contributed by atoms with Crippen LogP contribution >= 0.6 is 23.2 Å². The number of hydrogen-bond acceptors (Lipinski definition) is 7. The summed E-state index contributed by atoms with van der Waals surface area (Å²) in [7, 11) is 1.59. The Morgan fingerprint density at radius 3 is 2.59 bits per heavy atom. The van der Waals surface area contributed by atoms with E-state index in [0.717, 1.165) is 5.56 Å². The van der Waals surface area contributed by atoms with Gasteiger partial charge in [0.25, 0.3) is 0 Å². The SMILES string of the molecule is COc1ccccc1-c1c(CC(=O)Cc2cnc(-n3nccn3)c(Cl)c2)cnc2cc(Cl)nn12. The van der Waals surface area contributed by atoms with E-state index in [4.69, 9.17) is 27.9 Å². The zero-order chi connectivity index (χ0) is 23.7. The molecule has 0 fully saturated rings. The van der Waals surface area contributed by atoms with Crippen LogP contribution in [0.25, 0.3) is 22.7 Å². The van der Waals surface area contributed by atoms with Crippen LogP contribution in [-0.2, 0) is 17.6 Å². The first-order valence-electron chi connectivity index (χ1n) is 10.2. The van der Waals surface area contributed by atoms with Gasteiger partial charge in [-0.15, -0.1) is 4.80 Å². The van der Waals surface area contributed by atoms with Crippen LogP contribution in [0.5, 0.6) is 5.75 Å². The van der Waals surface area contributed by atoms with Crippen LogP contribution in [0.2, 0.25) is 10.2 Å². The Morgan fingerprint density at radius 2 is 1.82 bits per heavy atom. The van der Waals surface area contributed by atoms with Gasteiger partial charge in [0, 0.05) is 42.4 Å². The topological polar surface area (TPSA) is 100 Å². The standard InChI is InChI=1S/C23H17Cl2N7O2/c1-34-19-5-3-2-4-17(19)22-15(13-26-21-11-20(25)30-31(21)22)10-16(33)8-14-9-18(24)23(27-12-14)32-28-6-7-29-32/h2-7,9,11-13H,8,10H2,1H3. The number of para-hydroxylation sites is 1. The normalized spacial score (nSPS) is 11.1. The van der Waals surface area contributed by atoms with Gasteiger partial charge >= 0.3 is 0 Å².